The summed E-state index contributed by atoms with van der Waals surface area (Å²) in [5.74, 6) is 4.03. The molecule has 0 saturated heterocycles. The van der Waals surface area contributed by atoms with Gasteiger partial charge in [-0.3, -0.25) is 0 Å². The van der Waals surface area contributed by atoms with E-state index in [9.17, 15) is 18.3 Å². The SMILES string of the molecule is CC1(C)C2CCC1C1C3CC(CC3C[C-](O)C(F)(F)F)C12.[Rf]. The van der Waals surface area contributed by atoms with E-state index in [4.69, 9.17) is 0 Å². The van der Waals surface area contributed by atoms with Crippen molar-refractivity contribution in [3.05, 3.63) is 6.10 Å². The van der Waals surface area contributed by atoms with Crippen LogP contribution in [-0.2, 0) is 0 Å². The van der Waals surface area contributed by atoms with Gasteiger partial charge in [0.2, 0.25) is 0 Å². The normalized spacial score (nSPS) is 47.9. The predicted octanol–water partition coefficient (Wildman–Crippen LogP) is 4.80. The first-order chi connectivity index (χ1) is 9.71. The molecule has 0 aromatic rings. The van der Waals surface area contributed by atoms with Crippen LogP contribution in [0.5, 0.6) is 0 Å². The summed E-state index contributed by atoms with van der Waals surface area (Å²) in [5.41, 5.74) is 0.386. The Morgan fingerprint density at radius 3 is 2.27 bits per heavy atom. The minimum Gasteiger partial charge on any atom is -0.554 e. The zero-order valence-corrected chi connectivity index (χ0v) is 19.8. The van der Waals surface area contributed by atoms with Crippen molar-refractivity contribution in [1.29, 1.82) is 0 Å². The summed E-state index contributed by atoms with van der Waals surface area (Å²) < 4.78 is 37.8. The average Bonchev–Trinajstić information content (AvgIpc) is 3.05. The second-order valence-corrected chi connectivity index (χ2v) is 8.57. The quantitative estimate of drug-likeness (QED) is 0.375. The first-order valence-corrected chi connectivity index (χ1v) is 8.33. The Balaban J connectivity index is 0.00000144. The number of hydrogen-bond acceptors (Lipinski definition) is 1. The second kappa shape index (κ2) is 4.39. The van der Waals surface area contributed by atoms with Gasteiger partial charge in [-0.2, -0.15) is 0 Å². The van der Waals surface area contributed by atoms with Crippen LogP contribution in [0.15, 0.2) is 0 Å². The molecule has 0 aliphatic heterocycles. The summed E-state index contributed by atoms with van der Waals surface area (Å²) in [4.78, 5) is 0. The van der Waals surface area contributed by atoms with Gasteiger partial charge in [0.1, 0.15) is 0 Å². The number of rotatable bonds is 2. The fraction of sp³-hybridized carbons (Fsp3) is 0.941. The molecule has 1 N–H and O–H groups in total. The third-order valence-corrected chi connectivity index (χ3v) is 7.68. The Morgan fingerprint density at radius 2 is 1.68 bits per heavy atom. The van der Waals surface area contributed by atoms with E-state index in [1.54, 1.807) is 0 Å². The zero-order chi connectivity index (χ0) is 15.2. The molecular formula is C17H24F3ORf-. The van der Waals surface area contributed by atoms with E-state index in [1.165, 1.54) is 12.8 Å². The van der Waals surface area contributed by atoms with Crippen molar-refractivity contribution in [1.82, 2.24) is 0 Å². The van der Waals surface area contributed by atoms with E-state index in [-0.39, 0.29) is 12.3 Å². The van der Waals surface area contributed by atoms with Crippen molar-refractivity contribution in [3.8, 4) is 0 Å². The molecule has 4 aliphatic rings. The molecular weight excluding hydrogens is 544 g/mol. The van der Waals surface area contributed by atoms with Crippen LogP contribution in [0.4, 0.5) is 13.2 Å². The molecule has 0 aromatic carbocycles. The van der Waals surface area contributed by atoms with Crippen LogP contribution >= 0.6 is 0 Å². The Bertz CT molecular complexity index is 450. The summed E-state index contributed by atoms with van der Waals surface area (Å²) in [5, 5.41) is 9.34. The molecule has 0 amide bonds. The van der Waals surface area contributed by atoms with E-state index in [0.717, 1.165) is 24.7 Å². The summed E-state index contributed by atoms with van der Waals surface area (Å²) in [6.07, 6.45) is -1.31. The molecule has 7 atom stereocenters. The van der Waals surface area contributed by atoms with Crippen molar-refractivity contribution in [2.75, 3.05) is 0 Å². The predicted molar refractivity (Wildman–Crippen MR) is 72.5 cm³/mol. The molecule has 4 fully saturated rings. The van der Waals surface area contributed by atoms with Crippen LogP contribution in [-0.4, -0.2) is 11.3 Å². The number of aliphatic hydroxyl groups is 1. The first kappa shape index (κ1) is 15.6. The maximum atomic E-state index is 12.6. The maximum absolute atomic E-state index is 12.6. The van der Waals surface area contributed by atoms with Gasteiger partial charge in [0.05, 0.1) is 0 Å². The van der Waals surface area contributed by atoms with Crippen LogP contribution < -0.4 is 0 Å². The third kappa shape index (κ3) is 1.77. The average molecular weight is 568 g/mol. The van der Waals surface area contributed by atoms with Gasteiger partial charge in [0.15, 0.2) is 0 Å². The molecule has 5 heteroatoms. The summed E-state index contributed by atoms with van der Waals surface area (Å²) in [6, 6.07) is 0. The number of fused-ring (bicyclic) bond motifs is 9. The van der Waals surface area contributed by atoms with Crippen LogP contribution in [0, 0.1) is 52.9 Å². The third-order valence-electron chi connectivity index (χ3n) is 7.68. The fourth-order valence-electron chi connectivity index (χ4n) is 7.10. The van der Waals surface area contributed by atoms with Crippen LogP contribution in [0.1, 0.15) is 46.0 Å². The smallest absolute Gasteiger partial charge is 0.294 e. The van der Waals surface area contributed by atoms with E-state index >= 15 is 0 Å². The number of aliphatic hydroxyl groups excluding tert-OH is 1. The van der Waals surface area contributed by atoms with Gasteiger partial charge < -0.3 is 5.11 Å². The zero-order valence-electron chi connectivity index (χ0n) is 13.4. The molecule has 22 heavy (non-hydrogen) atoms. The fourth-order valence-corrected chi connectivity index (χ4v) is 7.10. The van der Waals surface area contributed by atoms with Gasteiger partial charge in [0.25, 0.3) is 6.18 Å². The standard InChI is InChI=1S/C17H24F3O.Rf/c1-16(2)11-3-4-12(16)15-10-6-9(14(11)15)5-8(10)7-13(21)17(18,19)20;/h8-12,14-15,21H,3-7H2,1-2H3;/q-1;. The van der Waals surface area contributed by atoms with Crippen LogP contribution in [0.3, 0.4) is 0 Å². The maximum Gasteiger partial charge on any atom is 0.294 e. The van der Waals surface area contributed by atoms with Gasteiger partial charge in [0, 0.05) is 0 Å². The van der Waals surface area contributed by atoms with Gasteiger partial charge in [-0.25, -0.2) is 13.2 Å². The van der Waals surface area contributed by atoms with Crippen molar-refractivity contribution >= 4 is 0 Å². The topological polar surface area (TPSA) is 20.2 Å². The Morgan fingerprint density at radius 1 is 1.09 bits per heavy atom. The molecule has 0 heterocycles. The molecule has 0 aromatic heterocycles. The second-order valence-electron chi connectivity index (χ2n) is 8.57. The first-order valence-electron chi connectivity index (χ1n) is 8.33. The van der Waals surface area contributed by atoms with E-state index in [2.05, 4.69) is 13.8 Å². The molecule has 1 nitrogen and oxygen atoms in total. The van der Waals surface area contributed by atoms with Gasteiger partial charge >= 0.3 is 0 Å². The van der Waals surface area contributed by atoms with Gasteiger partial charge in [-0.05, 0) is 66.6 Å². The van der Waals surface area contributed by atoms with Crippen molar-refractivity contribution in [2.45, 2.75) is 52.1 Å². The molecule has 4 rings (SSSR count). The van der Waals surface area contributed by atoms with Crippen molar-refractivity contribution in [2.24, 2.45) is 46.8 Å². The molecule has 7 unspecified atom stereocenters. The van der Waals surface area contributed by atoms with E-state index < -0.39 is 12.3 Å². The minimum atomic E-state index is -4.53. The van der Waals surface area contributed by atoms with Crippen molar-refractivity contribution < 1.29 is 18.3 Å². The Kier molecular flexibility index (Phi) is 3.12. The van der Waals surface area contributed by atoms with E-state index in [0.29, 0.717) is 29.1 Å². The molecule has 0 spiro atoms. The number of hydrogen-bond donors (Lipinski definition) is 1. The molecule has 4 saturated carbocycles. The summed E-state index contributed by atoms with van der Waals surface area (Å²) in [7, 11) is 0. The summed E-state index contributed by atoms with van der Waals surface area (Å²) in [6.45, 7) is 4.75. The monoisotopic (exact) mass is 568 g/mol. The summed E-state index contributed by atoms with van der Waals surface area (Å²) >= 11 is 0. The van der Waals surface area contributed by atoms with Gasteiger partial charge in [-0.15, -0.1) is 6.42 Å². The van der Waals surface area contributed by atoms with Crippen molar-refractivity contribution in [3.63, 3.8) is 0 Å². The van der Waals surface area contributed by atoms with Crippen LogP contribution in [0.2, 0.25) is 0 Å². The minimum absolute atomic E-state index is 0. The molecule has 0 radical (unpaired) electrons. The van der Waals surface area contributed by atoms with Gasteiger partial charge in [-0.1, -0.05) is 25.9 Å². The van der Waals surface area contributed by atoms with Crippen LogP contribution in [0.25, 0.3) is 0 Å². The number of alkyl halides is 3. The Labute approximate surface area is 124 Å². The molecule has 122 valence electrons. The number of halogens is 3. The Hall–Kier alpha value is -1.25. The largest absolute Gasteiger partial charge is 0.554 e. The van der Waals surface area contributed by atoms with E-state index in [1.807, 2.05) is 0 Å². The molecule has 4 aliphatic carbocycles. The molecule has 4 bridgehead atoms.